The van der Waals surface area contributed by atoms with Gasteiger partial charge in [0.2, 0.25) is 0 Å². The molecule has 0 atom stereocenters. The van der Waals surface area contributed by atoms with Crippen molar-refractivity contribution < 1.29 is 9.21 Å². The van der Waals surface area contributed by atoms with Crippen LogP contribution in [-0.2, 0) is 7.05 Å². The molecule has 0 bridgehead atoms. The zero-order valence-corrected chi connectivity index (χ0v) is 9.60. The Hall–Kier alpha value is -1.84. The number of aromatic nitrogens is 1. The van der Waals surface area contributed by atoms with Gasteiger partial charge in [-0.15, -0.1) is 0 Å². The van der Waals surface area contributed by atoms with Crippen molar-refractivity contribution in [1.29, 1.82) is 0 Å². The molecular weight excluding hydrogens is 218 g/mol. The first-order chi connectivity index (χ1) is 8.15. The molecule has 0 saturated heterocycles. The number of aryl methyl sites for hydroxylation is 1. The number of oxazole rings is 1. The number of ketones is 1. The van der Waals surface area contributed by atoms with Gasteiger partial charge in [0.05, 0.1) is 5.52 Å². The molecule has 3 rings (SSSR count). The van der Waals surface area contributed by atoms with E-state index in [1.807, 2.05) is 0 Å². The minimum absolute atomic E-state index is 0.140. The first kappa shape index (κ1) is 10.3. The summed E-state index contributed by atoms with van der Waals surface area (Å²) in [6.07, 6.45) is 2.94. The highest BCUT2D eigenvalue weighted by Gasteiger charge is 2.25. The smallest absolute Gasteiger partial charge is 0.408 e. The Bertz CT molecular complexity index is 646. The van der Waals surface area contributed by atoms with E-state index >= 15 is 0 Å². The van der Waals surface area contributed by atoms with Crippen LogP contribution in [0.1, 0.15) is 29.6 Å². The lowest BCUT2D eigenvalue weighted by molar-refractivity contribution is 0.0976. The summed E-state index contributed by atoms with van der Waals surface area (Å²) in [6.45, 7) is 0. The van der Waals surface area contributed by atoms with Crippen LogP contribution in [-0.4, -0.2) is 10.4 Å². The number of rotatable bonds is 3. The summed E-state index contributed by atoms with van der Waals surface area (Å²) in [4.78, 5) is 23.2. The van der Waals surface area contributed by atoms with Crippen molar-refractivity contribution >= 4 is 16.9 Å². The average Bonchev–Trinajstić information content (AvgIpc) is 3.07. The molecule has 4 heteroatoms. The summed E-state index contributed by atoms with van der Waals surface area (Å²) >= 11 is 0. The summed E-state index contributed by atoms with van der Waals surface area (Å²) in [5.74, 6) is 0.314. The monoisotopic (exact) mass is 231 g/mol. The van der Waals surface area contributed by atoms with Gasteiger partial charge in [-0.1, -0.05) is 0 Å². The third-order valence-corrected chi connectivity index (χ3v) is 3.29. The SMILES string of the molecule is Cn1c(=O)oc2cc(C(=O)CC3CC3)ccc21. The number of hydrogen-bond acceptors (Lipinski definition) is 3. The molecule has 4 nitrogen and oxygen atoms in total. The molecule has 1 aromatic heterocycles. The molecule has 1 aliphatic rings. The maximum absolute atomic E-state index is 11.9. The van der Waals surface area contributed by atoms with E-state index in [9.17, 15) is 9.59 Å². The molecule has 0 N–H and O–H groups in total. The fourth-order valence-electron chi connectivity index (χ4n) is 2.01. The second-order valence-electron chi connectivity index (χ2n) is 4.68. The number of carbonyl (C=O) groups excluding carboxylic acids is 1. The van der Waals surface area contributed by atoms with Crippen molar-refractivity contribution in [1.82, 2.24) is 4.57 Å². The van der Waals surface area contributed by atoms with E-state index in [4.69, 9.17) is 4.42 Å². The Balaban J connectivity index is 2.00. The predicted molar refractivity (Wildman–Crippen MR) is 63.1 cm³/mol. The van der Waals surface area contributed by atoms with E-state index < -0.39 is 5.76 Å². The summed E-state index contributed by atoms with van der Waals surface area (Å²) in [5, 5.41) is 0. The zero-order chi connectivity index (χ0) is 12.0. The average molecular weight is 231 g/mol. The first-order valence-electron chi connectivity index (χ1n) is 5.78. The number of hydrogen-bond donors (Lipinski definition) is 0. The van der Waals surface area contributed by atoms with E-state index in [-0.39, 0.29) is 5.78 Å². The predicted octanol–water partition coefficient (Wildman–Crippen LogP) is 2.11. The highest BCUT2D eigenvalue weighted by Crippen LogP contribution is 2.33. The minimum Gasteiger partial charge on any atom is -0.408 e. The molecule has 1 fully saturated rings. The Kier molecular flexibility index (Phi) is 2.18. The third-order valence-electron chi connectivity index (χ3n) is 3.29. The van der Waals surface area contributed by atoms with Crippen LogP contribution < -0.4 is 5.76 Å². The Morgan fingerprint density at radius 1 is 1.47 bits per heavy atom. The van der Waals surface area contributed by atoms with Crippen LogP contribution in [0.4, 0.5) is 0 Å². The molecule has 0 aliphatic heterocycles. The first-order valence-corrected chi connectivity index (χ1v) is 5.78. The fourth-order valence-corrected chi connectivity index (χ4v) is 2.01. The van der Waals surface area contributed by atoms with Crippen molar-refractivity contribution in [3.05, 3.63) is 34.3 Å². The molecule has 17 heavy (non-hydrogen) atoms. The quantitative estimate of drug-likeness (QED) is 0.760. The lowest BCUT2D eigenvalue weighted by Gasteiger charge is -1.99. The highest BCUT2D eigenvalue weighted by atomic mass is 16.4. The van der Waals surface area contributed by atoms with Crippen LogP contribution >= 0.6 is 0 Å². The molecule has 1 aromatic carbocycles. The van der Waals surface area contributed by atoms with Gasteiger partial charge in [-0.25, -0.2) is 4.79 Å². The maximum atomic E-state index is 11.9. The lowest BCUT2D eigenvalue weighted by atomic mass is 10.1. The van der Waals surface area contributed by atoms with Crippen LogP contribution in [0, 0.1) is 5.92 Å². The van der Waals surface area contributed by atoms with Crippen LogP contribution in [0.2, 0.25) is 0 Å². The summed E-state index contributed by atoms with van der Waals surface area (Å²) < 4.78 is 6.50. The molecule has 1 aliphatic carbocycles. The van der Waals surface area contributed by atoms with Crippen molar-refractivity contribution in [3.8, 4) is 0 Å². The molecule has 88 valence electrons. The van der Waals surface area contributed by atoms with Crippen LogP contribution in [0.3, 0.4) is 0 Å². The second-order valence-corrected chi connectivity index (χ2v) is 4.68. The maximum Gasteiger partial charge on any atom is 0.419 e. The molecule has 1 saturated carbocycles. The highest BCUT2D eigenvalue weighted by molar-refractivity contribution is 5.98. The van der Waals surface area contributed by atoms with Crippen molar-refractivity contribution in [2.45, 2.75) is 19.3 Å². The molecule has 0 spiro atoms. The van der Waals surface area contributed by atoms with Crippen LogP contribution in [0.15, 0.2) is 27.4 Å². The summed E-state index contributed by atoms with van der Waals surface area (Å²) in [5.41, 5.74) is 1.84. The van der Waals surface area contributed by atoms with E-state index in [1.165, 1.54) is 4.57 Å². The minimum atomic E-state index is -0.396. The van der Waals surface area contributed by atoms with Gasteiger partial charge in [0.25, 0.3) is 0 Å². The van der Waals surface area contributed by atoms with Crippen molar-refractivity contribution in [2.75, 3.05) is 0 Å². The molecule has 2 aromatic rings. The van der Waals surface area contributed by atoms with E-state index in [1.54, 1.807) is 25.2 Å². The standard InChI is InChI=1S/C13H13NO3/c1-14-10-5-4-9(7-12(10)17-13(14)16)11(15)6-8-2-3-8/h4-5,7-8H,2-3,6H2,1H3. The molecule has 0 unspecified atom stereocenters. The molecule has 1 heterocycles. The van der Waals surface area contributed by atoms with E-state index in [0.29, 0.717) is 23.5 Å². The third kappa shape index (κ3) is 1.79. The number of fused-ring (bicyclic) bond motifs is 1. The van der Waals surface area contributed by atoms with E-state index in [0.717, 1.165) is 18.4 Å². The van der Waals surface area contributed by atoms with E-state index in [2.05, 4.69) is 0 Å². The van der Waals surface area contributed by atoms with Gasteiger partial charge >= 0.3 is 5.76 Å². The zero-order valence-electron chi connectivity index (χ0n) is 9.60. The Morgan fingerprint density at radius 2 is 2.24 bits per heavy atom. The van der Waals surface area contributed by atoms with Gasteiger partial charge in [0.1, 0.15) is 0 Å². The molecule has 0 amide bonds. The van der Waals surface area contributed by atoms with Crippen molar-refractivity contribution in [3.63, 3.8) is 0 Å². The number of Topliss-reactive ketones (excluding diaryl/α,β-unsaturated/α-hetero) is 1. The normalized spacial score (nSPS) is 15.4. The summed E-state index contributed by atoms with van der Waals surface area (Å²) in [7, 11) is 1.65. The number of benzene rings is 1. The topological polar surface area (TPSA) is 52.2 Å². The van der Waals surface area contributed by atoms with Crippen LogP contribution in [0.5, 0.6) is 0 Å². The number of nitrogens with zero attached hydrogens (tertiary/aromatic N) is 1. The molecule has 0 radical (unpaired) electrons. The van der Waals surface area contributed by atoms with Gasteiger partial charge < -0.3 is 4.42 Å². The van der Waals surface area contributed by atoms with Crippen molar-refractivity contribution in [2.24, 2.45) is 13.0 Å². The summed E-state index contributed by atoms with van der Waals surface area (Å²) in [6, 6.07) is 5.20. The van der Waals surface area contributed by atoms with Gasteiger partial charge in [-0.2, -0.15) is 0 Å². The van der Waals surface area contributed by atoms with Gasteiger partial charge in [0, 0.05) is 19.0 Å². The number of carbonyl (C=O) groups is 1. The second kappa shape index (κ2) is 3.58. The lowest BCUT2D eigenvalue weighted by Crippen LogP contribution is -2.08. The van der Waals surface area contributed by atoms with Crippen LogP contribution in [0.25, 0.3) is 11.1 Å². The Morgan fingerprint density at radius 3 is 2.94 bits per heavy atom. The van der Waals surface area contributed by atoms with Gasteiger partial charge in [-0.05, 0) is 37.0 Å². The largest absolute Gasteiger partial charge is 0.419 e. The Labute approximate surface area is 97.8 Å². The van der Waals surface area contributed by atoms with Gasteiger partial charge in [0.15, 0.2) is 11.4 Å². The molecular formula is C13H13NO3. The van der Waals surface area contributed by atoms with Gasteiger partial charge in [-0.3, -0.25) is 9.36 Å². The fraction of sp³-hybridized carbons (Fsp3) is 0.385.